The maximum Gasteiger partial charge on any atom is 0.244 e. The Morgan fingerprint density at radius 3 is 2.77 bits per heavy atom. The zero-order valence-corrected chi connectivity index (χ0v) is 12.9. The van der Waals surface area contributed by atoms with E-state index in [1.807, 2.05) is 44.3 Å². The molecule has 2 N–H and O–H groups in total. The van der Waals surface area contributed by atoms with Crippen molar-refractivity contribution in [2.24, 2.45) is 7.05 Å². The third-order valence-electron chi connectivity index (χ3n) is 3.51. The molecule has 2 rings (SSSR count). The summed E-state index contributed by atoms with van der Waals surface area (Å²) < 4.78 is 1.75. The molecule has 0 aliphatic rings. The molecule has 0 bridgehead atoms. The van der Waals surface area contributed by atoms with Gasteiger partial charge >= 0.3 is 0 Å². The maximum absolute atomic E-state index is 11.8. The Kier molecular flexibility index (Phi) is 5.49. The average molecular weight is 299 g/mol. The second-order valence-electron chi connectivity index (χ2n) is 5.23. The van der Waals surface area contributed by atoms with E-state index in [2.05, 4.69) is 10.4 Å². The number of nitrogens with one attached hydrogen (secondary N) is 1. The lowest BCUT2D eigenvalue weighted by Crippen LogP contribution is -2.32. The quantitative estimate of drug-likeness (QED) is 0.794. The zero-order valence-electron chi connectivity index (χ0n) is 12.9. The summed E-state index contributed by atoms with van der Waals surface area (Å²) in [5.74, 6) is -0.227. The van der Waals surface area contributed by atoms with Gasteiger partial charge in [-0.3, -0.25) is 9.48 Å². The van der Waals surface area contributed by atoms with Crippen molar-refractivity contribution in [2.75, 3.05) is 6.54 Å². The van der Waals surface area contributed by atoms with Crippen LogP contribution in [0.3, 0.4) is 0 Å². The van der Waals surface area contributed by atoms with Gasteiger partial charge in [0.25, 0.3) is 0 Å². The maximum atomic E-state index is 11.8. The van der Waals surface area contributed by atoms with Gasteiger partial charge in [0.05, 0.1) is 12.3 Å². The van der Waals surface area contributed by atoms with Crippen LogP contribution in [0.25, 0.3) is 6.08 Å². The molecule has 0 saturated carbocycles. The number of amides is 1. The Morgan fingerprint density at radius 1 is 1.41 bits per heavy atom. The fourth-order valence-electron chi connectivity index (χ4n) is 2.08. The van der Waals surface area contributed by atoms with Gasteiger partial charge in [-0.1, -0.05) is 30.3 Å². The number of aromatic nitrogens is 2. The summed E-state index contributed by atoms with van der Waals surface area (Å²) in [6.45, 7) is 2.16. The number of carbonyl (C=O) groups is 1. The minimum Gasteiger partial charge on any atom is -0.391 e. The van der Waals surface area contributed by atoms with E-state index in [0.29, 0.717) is 6.42 Å². The van der Waals surface area contributed by atoms with Crippen molar-refractivity contribution in [1.82, 2.24) is 15.1 Å². The van der Waals surface area contributed by atoms with Gasteiger partial charge in [0.2, 0.25) is 5.91 Å². The summed E-state index contributed by atoms with van der Waals surface area (Å²) in [4.78, 5) is 11.8. The van der Waals surface area contributed by atoms with Crippen LogP contribution in [0.2, 0.25) is 0 Å². The molecule has 22 heavy (non-hydrogen) atoms. The minimum atomic E-state index is -0.597. The van der Waals surface area contributed by atoms with Crippen molar-refractivity contribution in [3.63, 3.8) is 0 Å². The van der Waals surface area contributed by atoms with Crippen LogP contribution in [-0.4, -0.2) is 33.4 Å². The molecular weight excluding hydrogens is 278 g/mol. The molecule has 0 aliphatic heterocycles. The summed E-state index contributed by atoms with van der Waals surface area (Å²) >= 11 is 0. The molecule has 1 unspecified atom stereocenters. The molecule has 1 aromatic heterocycles. The van der Waals surface area contributed by atoms with Crippen LogP contribution < -0.4 is 5.32 Å². The third kappa shape index (κ3) is 4.56. The van der Waals surface area contributed by atoms with Crippen molar-refractivity contribution in [1.29, 1.82) is 0 Å². The van der Waals surface area contributed by atoms with Gasteiger partial charge in [-0.2, -0.15) is 5.10 Å². The highest BCUT2D eigenvalue weighted by Gasteiger charge is 2.07. The van der Waals surface area contributed by atoms with Crippen LogP contribution in [0.15, 0.2) is 42.6 Å². The van der Waals surface area contributed by atoms with Crippen molar-refractivity contribution in [2.45, 2.75) is 19.4 Å². The largest absolute Gasteiger partial charge is 0.391 e. The minimum absolute atomic E-state index is 0.226. The standard InChI is InChI=1S/C17H21N3O2/c1-13-15(11-19-20(13)2)8-9-17(22)18-12-16(21)10-14-6-4-3-5-7-14/h3-9,11,16,21H,10,12H2,1-2H3,(H,18,22)/b9-8+. The fourth-order valence-corrected chi connectivity index (χ4v) is 2.08. The van der Waals surface area contributed by atoms with Crippen molar-refractivity contribution >= 4 is 12.0 Å². The van der Waals surface area contributed by atoms with E-state index in [-0.39, 0.29) is 12.5 Å². The molecule has 1 heterocycles. The van der Waals surface area contributed by atoms with Gasteiger partial charge in [-0.25, -0.2) is 0 Å². The van der Waals surface area contributed by atoms with E-state index in [0.717, 1.165) is 16.8 Å². The summed E-state index contributed by atoms with van der Waals surface area (Å²) in [6.07, 6.45) is 4.82. The van der Waals surface area contributed by atoms with Crippen LogP contribution in [0.1, 0.15) is 16.8 Å². The van der Waals surface area contributed by atoms with Gasteiger partial charge < -0.3 is 10.4 Å². The highest BCUT2D eigenvalue weighted by atomic mass is 16.3. The van der Waals surface area contributed by atoms with E-state index in [1.165, 1.54) is 6.08 Å². The van der Waals surface area contributed by atoms with E-state index >= 15 is 0 Å². The number of aliphatic hydroxyl groups excluding tert-OH is 1. The molecule has 5 nitrogen and oxygen atoms in total. The predicted molar refractivity (Wildman–Crippen MR) is 86.1 cm³/mol. The first-order valence-corrected chi connectivity index (χ1v) is 7.22. The Hall–Kier alpha value is -2.40. The van der Waals surface area contributed by atoms with Crippen LogP contribution >= 0.6 is 0 Å². The monoisotopic (exact) mass is 299 g/mol. The van der Waals surface area contributed by atoms with Crippen molar-refractivity contribution < 1.29 is 9.90 Å². The van der Waals surface area contributed by atoms with E-state index in [4.69, 9.17) is 0 Å². The van der Waals surface area contributed by atoms with Crippen LogP contribution in [0, 0.1) is 6.92 Å². The summed E-state index contributed by atoms with van der Waals surface area (Å²) in [6, 6.07) is 9.70. The number of hydrogen-bond acceptors (Lipinski definition) is 3. The van der Waals surface area contributed by atoms with Crippen molar-refractivity contribution in [3.05, 3.63) is 59.4 Å². The zero-order chi connectivity index (χ0) is 15.9. The molecule has 0 saturated heterocycles. The van der Waals surface area contributed by atoms with Crippen LogP contribution in [-0.2, 0) is 18.3 Å². The second-order valence-corrected chi connectivity index (χ2v) is 5.23. The van der Waals surface area contributed by atoms with E-state index in [9.17, 15) is 9.90 Å². The lowest BCUT2D eigenvalue weighted by molar-refractivity contribution is -0.116. The Balaban J connectivity index is 1.79. The third-order valence-corrected chi connectivity index (χ3v) is 3.51. The molecule has 116 valence electrons. The molecule has 0 spiro atoms. The average Bonchev–Trinajstić information content (AvgIpc) is 2.83. The number of rotatable bonds is 6. The molecule has 0 fully saturated rings. The smallest absolute Gasteiger partial charge is 0.244 e. The van der Waals surface area contributed by atoms with Crippen LogP contribution in [0.5, 0.6) is 0 Å². The first kappa shape index (κ1) is 16.0. The van der Waals surface area contributed by atoms with Crippen molar-refractivity contribution in [3.8, 4) is 0 Å². The fraction of sp³-hybridized carbons (Fsp3) is 0.294. The predicted octanol–water partition coefficient (Wildman–Crippen LogP) is 1.46. The first-order valence-electron chi connectivity index (χ1n) is 7.22. The SMILES string of the molecule is Cc1c(/C=C/C(=O)NCC(O)Cc2ccccc2)cnn1C. The van der Waals surface area contributed by atoms with Gasteiger partial charge in [-0.05, 0) is 18.6 Å². The Bertz CT molecular complexity index is 647. The molecule has 0 aliphatic carbocycles. The summed E-state index contributed by atoms with van der Waals surface area (Å²) in [5.41, 5.74) is 2.95. The molecule has 0 radical (unpaired) electrons. The van der Waals surface area contributed by atoms with E-state index in [1.54, 1.807) is 17.0 Å². The number of aliphatic hydroxyl groups is 1. The highest BCUT2D eigenvalue weighted by Crippen LogP contribution is 2.07. The van der Waals surface area contributed by atoms with Gasteiger partial charge in [-0.15, -0.1) is 0 Å². The normalized spacial score (nSPS) is 12.5. The highest BCUT2D eigenvalue weighted by molar-refractivity contribution is 5.91. The summed E-state index contributed by atoms with van der Waals surface area (Å²) in [5, 5.41) is 16.7. The van der Waals surface area contributed by atoms with Gasteiger partial charge in [0.15, 0.2) is 0 Å². The van der Waals surface area contributed by atoms with Gasteiger partial charge in [0, 0.05) is 37.3 Å². The molecule has 1 aromatic carbocycles. The molecule has 1 amide bonds. The molecule has 1 atom stereocenters. The number of aryl methyl sites for hydroxylation is 1. The molecular formula is C17H21N3O2. The Morgan fingerprint density at radius 2 is 2.14 bits per heavy atom. The number of hydrogen-bond donors (Lipinski definition) is 2. The lowest BCUT2D eigenvalue weighted by Gasteiger charge is -2.10. The summed E-state index contributed by atoms with van der Waals surface area (Å²) in [7, 11) is 1.85. The topological polar surface area (TPSA) is 67.2 Å². The van der Waals surface area contributed by atoms with Gasteiger partial charge in [0.1, 0.15) is 0 Å². The number of carbonyl (C=O) groups excluding carboxylic acids is 1. The van der Waals surface area contributed by atoms with E-state index < -0.39 is 6.10 Å². The Labute approximate surface area is 130 Å². The lowest BCUT2D eigenvalue weighted by atomic mass is 10.1. The molecule has 2 aromatic rings. The first-order chi connectivity index (χ1) is 10.6. The second kappa shape index (κ2) is 7.56. The molecule has 5 heteroatoms. The van der Waals surface area contributed by atoms with Crippen LogP contribution in [0.4, 0.5) is 0 Å². The number of benzene rings is 1. The number of nitrogens with zero attached hydrogens (tertiary/aromatic N) is 2.